The Bertz CT molecular complexity index is 962. The van der Waals surface area contributed by atoms with Crippen LogP contribution in [-0.2, 0) is 19.6 Å². The summed E-state index contributed by atoms with van der Waals surface area (Å²) < 4.78 is 31.9. The largest absolute Gasteiger partial charge is 0.451 e. The van der Waals surface area contributed by atoms with Crippen LogP contribution in [0.5, 0.6) is 0 Å². The Hall–Kier alpha value is -2.23. The Kier molecular flexibility index (Phi) is 7.34. The maximum absolute atomic E-state index is 12.8. The predicted octanol–water partition coefficient (Wildman–Crippen LogP) is 3.19. The zero-order valence-corrected chi connectivity index (χ0v) is 17.9. The molecule has 1 aromatic heterocycles. The SMILES string of the molecule is CCN(CC)S(=O)(=O)c1cc(NC(=O)COC(=O)c2sccc2C)ccc1C. The third kappa shape index (κ3) is 4.98. The van der Waals surface area contributed by atoms with E-state index in [0.29, 0.717) is 29.2 Å². The Morgan fingerprint density at radius 3 is 2.36 bits per heavy atom. The van der Waals surface area contributed by atoms with Gasteiger partial charge in [0.15, 0.2) is 6.61 Å². The van der Waals surface area contributed by atoms with Gasteiger partial charge in [-0.15, -0.1) is 11.3 Å². The zero-order valence-electron chi connectivity index (χ0n) is 16.3. The Labute approximate surface area is 169 Å². The van der Waals surface area contributed by atoms with Crippen LogP contribution in [0.3, 0.4) is 0 Å². The number of amides is 1. The number of nitrogens with one attached hydrogen (secondary N) is 1. The first kappa shape index (κ1) is 22.1. The summed E-state index contributed by atoms with van der Waals surface area (Å²) in [6.07, 6.45) is 0. The predicted molar refractivity (Wildman–Crippen MR) is 109 cm³/mol. The van der Waals surface area contributed by atoms with Crippen LogP contribution in [0.1, 0.15) is 34.6 Å². The molecule has 0 atom stereocenters. The number of carbonyl (C=O) groups excluding carboxylic acids is 2. The molecule has 0 saturated carbocycles. The second-order valence-corrected chi connectivity index (χ2v) is 8.95. The maximum atomic E-state index is 12.8. The number of carbonyl (C=O) groups is 2. The third-order valence-electron chi connectivity index (χ3n) is 4.18. The minimum Gasteiger partial charge on any atom is -0.451 e. The first-order valence-electron chi connectivity index (χ1n) is 8.82. The lowest BCUT2D eigenvalue weighted by molar-refractivity contribution is -0.119. The van der Waals surface area contributed by atoms with Crippen LogP contribution in [0.15, 0.2) is 34.5 Å². The molecule has 0 radical (unpaired) electrons. The summed E-state index contributed by atoms with van der Waals surface area (Å²) in [5, 5.41) is 4.35. The zero-order chi connectivity index (χ0) is 20.9. The van der Waals surface area contributed by atoms with Crippen LogP contribution in [-0.4, -0.2) is 44.3 Å². The molecule has 0 saturated heterocycles. The lowest BCUT2D eigenvalue weighted by atomic mass is 10.2. The van der Waals surface area contributed by atoms with Gasteiger partial charge in [0.2, 0.25) is 10.0 Å². The van der Waals surface area contributed by atoms with Crippen molar-refractivity contribution in [2.24, 2.45) is 0 Å². The normalized spacial score (nSPS) is 11.5. The van der Waals surface area contributed by atoms with Gasteiger partial charge in [0.05, 0.1) is 4.90 Å². The van der Waals surface area contributed by atoms with Crippen molar-refractivity contribution in [2.45, 2.75) is 32.6 Å². The fourth-order valence-electron chi connectivity index (χ4n) is 2.63. The average molecular weight is 425 g/mol. The minimum atomic E-state index is -3.65. The number of anilines is 1. The molecule has 1 amide bonds. The maximum Gasteiger partial charge on any atom is 0.349 e. The Balaban J connectivity index is 2.09. The van der Waals surface area contributed by atoms with Gasteiger partial charge in [-0.1, -0.05) is 19.9 Å². The monoisotopic (exact) mass is 424 g/mol. The fourth-order valence-corrected chi connectivity index (χ4v) is 5.16. The summed E-state index contributed by atoms with van der Waals surface area (Å²) in [6, 6.07) is 6.46. The Morgan fingerprint density at radius 2 is 1.79 bits per heavy atom. The molecular formula is C19H24N2O5S2. The number of thiophene rings is 1. The molecule has 0 aliphatic heterocycles. The molecule has 0 aliphatic rings. The smallest absolute Gasteiger partial charge is 0.349 e. The van der Waals surface area contributed by atoms with Crippen LogP contribution >= 0.6 is 11.3 Å². The third-order valence-corrected chi connectivity index (χ3v) is 7.37. The molecule has 28 heavy (non-hydrogen) atoms. The van der Waals surface area contributed by atoms with Crippen LogP contribution in [0.25, 0.3) is 0 Å². The van der Waals surface area contributed by atoms with Gasteiger partial charge < -0.3 is 10.1 Å². The molecule has 152 valence electrons. The number of hydrogen-bond acceptors (Lipinski definition) is 6. The van der Waals surface area contributed by atoms with Crippen molar-refractivity contribution in [1.82, 2.24) is 4.31 Å². The van der Waals surface area contributed by atoms with Crippen molar-refractivity contribution in [3.8, 4) is 0 Å². The van der Waals surface area contributed by atoms with Gasteiger partial charge in [0, 0.05) is 18.8 Å². The number of hydrogen-bond donors (Lipinski definition) is 1. The lowest BCUT2D eigenvalue weighted by Crippen LogP contribution is -2.31. The highest BCUT2D eigenvalue weighted by Crippen LogP contribution is 2.23. The lowest BCUT2D eigenvalue weighted by Gasteiger charge is -2.20. The number of benzene rings is 1. The minimum absolute atomic E-state index is 0.139. The van der Waals surface area contributed by atoms with Gasteiger partial charge in [0.25, 0.3) is 5.91 Å². The van der Waals surface area contributed by atoms with Gasteiger partial charge in [0.1, 0.15) is 4.88 Å². The van der Waals surface area contributed by atoms with Gasteiger partial charge in [-0.05, 0) is 48.6 Å². The second-order valence-electron chi connectivity index (χ2n) is 6.13. The van der Waals surface area contributed by atoms with E-state index >= 15 is 0 Å². The first-order chi connectivity index (χ1) is 13.2. The highest BCUT2D eigenvalue weighted by atomic mass is 32.2. The van der Waals surface area contributed by atoms with E-state index in [9.17, 15) is 18.0 Å². The summed E-state index contributed by atoms with van der Waals surface area (Å²) in [5.41, 5.74) is 1.70. The molecule has 0 spiro atoms. The molecule has 7 nitrogen and oxygen atoms in total. The van der Waals surface area contributed by atoms with E-state index < -0.39 is 28.5 Å². The summed E-state index contributed by atoms with van der Waals surface area (Å²) >= 11 is 1.25. The van der Waals surface area contributed by atoms with Crippen molar-refractivity contribution >= 4 is 38.9 Å². The van der Waals surface area contributed by atoms with E-state index in [2.05, 4.69) is 5.32 Å². The van der Waals surface area contributed by atoms with Gasteiger partial charge in [-0.3, -0.25) is 4.79 Å². The van der Waals surface area contributed by atoms with Crippen LogP contribution in [0, 0.1) is 13.8 Å². The van der Waals surface area contributed by atoms with E-state index in [4.69, 9.17) is 4.74 Å². The standard InChI is InChI=1S/C19H24N2O5S2/c1-5-21(6-2)28(24,25)16-11-15(8-7-13(16)3)20-17(22)12-26-19(23)18-14(4)9-10-27-18/h7-11H,5-6,12H2,1-4H3,(H,20,22). The van der Waals surface area contributed by atoms with E-state index in [1.54, 1.807) is 51.3 Å². The highest BCUT2D eigenvalue weighted by Gasteiger charge is 2.24. The van der Waals surface area contributed by atoms with E-state index in [1.807, 2.05) is 0 Å². The van der Waals surface area contributed by atoms with Crippen molar-refractivity contribution in [2.75, 3.05) is 25.0 Å². The summed E-state index contributed by atoms with van der Waals surface area (Å²) in [4.78, 5) is 24.7. The topological polar surface area (TPSA) is 92.8 Å². The van der Waals surface area contributed by atoms with Gasteiger partial charge >= 0.3 is 5.97 Å². The molecule has 1 heterocycles. The number of sulfonamides is 1. The van der Waals surface area contributed by atoms with Crippen LogP contribution in [0.2, 0.25) is 0 Å². The van der Waals surface area contributed by atoms with Crippen LogP contribution < -0.4 is 5.32 Å². The molecule has 2 aromatic rings. The number of aryl methyl sites for hydroxylation is 2. The highest BCUT2D eigenvalue weighted by molar-refractivity contribution is 7.89. The van der Waals surface area contributed by atoms with Gasteiger partial charge in [-0.25, -0.2) is 13.2 Å². The summed E-state index contributed by atoms with van der Waals surface area (Å²) in [6.45, 7) is 7.28. The number of rotatable bonds is 8. The molecule has 9 heteroatoms. The van der Waals surface area contributed by atoms with Crippen molar-refractivity contribution in [3.05, 3.63) is 45.6 Å². The van der Waals surface area contributed by atoms with Gasteiger partial charge in [-0.2, -0.15) is 4.31 Å². The number of nitrogens with zero attached hydrogens (tertiary/aromatic N) is 1. The molecule has 0 aliphatic carbocycles. The second kappa shape index (κ2) is 9.31. The van der Waals surface area contributed by atoms with Crippen molar-refractivity contribution in [3.63, 3.8) is 0 Å². The number of ether oxygens (including phenoxy) is 1. The van der Waals surface area contributed by atoms with E-state index in [1.165, 1.54) is 21.7 Å². The summed E-state index contributed by atoms with van der Waals surface area (Å²) in [7, 11) is -3.65. The molecule has 1 aromatic carbocycles. The summed E-state index contributed by atoms with van der Waals surface area (Å²) in [5.74, 6) is -1.10. The molecule has 0 bridgehead atoms. The molecule has 2 rings (SSSR count). The Morgan fingerprint density at radius 1 is 1.11 bits per heavy atom. The fraction of sp³-hybridized carbons (Fsp3) is 0.368. The average Bonchev–Trinajstić information content (AvgIpc) is 3.08. The van der Waals surface area contributed by atoms with E-state index in [-0.39, 0.29) is 4.90 Å². The van der Waals surface area contributed by atoms with E-state index in [0.717, 1.165) is 5.56 Å². The molecule has 1 N–H and O–H groups in total. The first-order valence-corrected chi connectivity index (χ1v) is 11.1. The number of esters is 1. The molecule has 0 unspecified atom stereocenters. The van der Waals surface area contributed by atoms with Crippen molar-refractivity contribution < 1.29 is 22.7 Å². The van der Waals surface area contributed by atoms with Crippen molar-refractivity contribution in [1.29, 1.82) is 0 Å². The molecule has 0 fully saturated rings. The van der Waals surface area contributed by atoms with Crippen LogP contribution in [0.4, 0.5) is 5.69 Å². The molecular weight excluding hydrogens is 400 g/mol. The quantitative estimate of drug-likeness (QED) is 0.657.